The Bertz CT molecular complexity index is 628. The second kappa shape index (κ2) is 5.29. The highest BCUT2D eigenvalue weighted by Gasteiger charge is 2.29. The van der Waals surface area contributed by atoms with Crippen molar-refractivity contribution >= 4 is 0 Å². The fraction of sp³-hybridized carbons (Fsp3) is 0.312. The molecule has 1 heterocycles. The fourth-order valence-corrected chi connectivity index (χ4v) is 2.98. The van der Waals surface area contributed by atoms with E-state index in [-0.39, 0.29) is 5.92 Å². The van der Waals surface area contributed by atoms with E-state index in [9.17, 15) is 8.78 Å². The molecule has 1 aliphatic carbocycles. The highest BCUT2D eigenvalue weighted by molar-refractivity contribution is 5.32. The number of fused-ring (bicyclic) bond motifs is 1. The zero-order valence-corrected chi connectivity index (χ0v) is 11.0. The maximum atomic E-state index is 13.9. The van der Waals surface area contributed by atoms with Gasteiger partial charge in [0.05, 0.1) is 0 Å². The third-order valence-corrected chi connectivity index (χ3v) is 3.99. The molecule has 0 fully saturated rings. The zero-order chi connectivity index (χ0) is 14.1. The number of nitrogens with zero attached hydrogens (tertiary/aromatic N) is 1. The average molecular weight is 274 g/mol. The lowest BCUT2D eigenvalue weighted by Crippen LogP contribution is -2.25. The summed E-state index contributed by atoms with van der Waals surface area (Å²) in [6, 6.07) is 7.03. The number of pyridine rings is 1. The Morgan fingerprint density at radius 3 is 2.90 bits per heavy atom. The Morgan fingerprint density at radius 1 is 1.25 bits per heavy atom. The number of aromatic nitrogens is 1. The van der Waals surface area contributed by atoms with Crippen molar-refractivity contribution in [2.75, 3.05) is 0 Å². The van der Waals surface area contributed by atoms with Gasteiger partial charge in [-0.2, -0.15) is 0 Å². The highest BCUT2D eigenvalue weighted by atomic mass is 19.1. The molecule has 0 bridgehead atoms. The van der Waals surface area contributed by atoms with E-state index in [0.29, 0.717) is 5.56 Å². The van der Waals surface area contributed by atoms with E-state index in [2.05, 4.69) is 4.98 Å². The smallest absolute Gasteiger partial charge is 0.130 e. The Hall–Kier alpha value is -1.81. The van der Waals surface area contributed by atoms with Crippen LogP contribution in [-0.2, 0) is 6.42 Å². The Balaban J connectivity index is 1.97. The van der Waals surface area contributed by atoms with Crippen LogP contribution in [0.15, 0.2) is 36.5 Å². The Labute approximate surface area is 116 Å². The molecule has 104 valence electrons. The number of nitrogens with two attached hydrogens (primary N) is 1. The third-order valence-electron chi connectivity index (χ3n) is 3.99. The SMILES string of the molecule is NC(c1ccc(F)cc1F)C1CCCc2cccnc21. The van der Waals surface area contributed by atoms with Gasteiger partial charge in [-0.3, -0.25) is 4.98 Å². The molecule has 2 N–H and O–H groups in total. The molecule has 2 nitrogen and oxygen atoms in total. The Morgan fingerprint density at radius 2 is 2.10 bits per heavy atom. The molecule has 0 saturated heterocycles. The molecule has 1 aromatic carbocycles. The molecule has 0 aliphatic heterocycles. The number of rotatable bonds is 2. The molecule has 1 aromatic heterocycles. The second-order valence-electron chi connectivity index (χ2n) is 5.24. The van der Waals surface area contributed by atoms with Crippen LogP contribution in [0.4, 0.5) is 8.78 Å². The van der Waals surface area contributed by atoms with E-state index in [1.807, 2.05) is 12.1 Å². The molecule has 0 saturated carbocycles. The van der Waals surface area contributed by atoms with Crippen LogP contribution in [0.3, 0.4) is 0 Å². The van der Waals surface area contributed by atoms with Crippen LogP contribution >= 0.6 is 0 Å². The number of aryl methyl sites for hydroxylation is 1. The van der Waals surface area contributed by atoms with E-state index in [4.69, 9.17) is 5.73 Å². The van der Waals surface area contributed by atoms with E-state index in [1.165, 1.54) is 17.7 Å². The van der Waals surface area contributed by atoms with Crippen LogP contribution in [0.5, 0.6) is 0 Å². The molecule has 2 atom stereocenters. The maximum Gasteiger partial charge on any atom is 0.130 e. The summed E-state index contributed by atoms with van der Waals surface area (Å²) < 4.78 is 26.9. The summed E-state index contributed by atoms with van der Waals surface area (Å²) in [5, 5.41) is 0. The molecule has 20 heavy (non-hydrogen) atoms. The molecule has 4 heteroatoms. The van der Waals surface area contributed by atoms with Crippen molar-refractivity contribution in [1.82, 2.24) is 4.98 Å². The Kier molecular flexibility index (Phi) is 3.49. The van der Waals surface area contributed by atoms with Crippen molar-refractivity contribution in [2.45, 2.75) is 31.2 Å². The predicted molar refractivity (Wildman–Crippen MR) is 73.2 cm³/mol. The minimum atomic E-state index is -0.583. The van der Waals surface area contributed by atoms with Crippen LogP contribution in [0.25, 0.3) is 0 Å². The normalized spacial score (nSPS) is 19.4. The molecular weight excluding hydrogens is 258 g/mol. The monoisotopic (exact) mass is 274 g/mol. The summed E-state index contributed by atoms with van der Waals surface area (Å²) in [5.74, 6) is -1.18. The third kappa shape index (κ3) is 2.31. The first-order valence-electron chi connectivity index (χ1n) is 6.81. The van der Waals surface area contributed by atoms with E-state index in [0.717, 1.165) is 31.0 Å². The van der Waals surface area contributed by atoms with Crippen molar-refractivity contribution < 1.29 is 8.78 Å². The molecule has 2 aromatic rings. The van der Waals surface area contributed by atoms with Gasteiger partial charge in [-0.15, -0.1) is 0 Å². The lowest BCUT2D eigenvalue weighted by molar-refractivity contribution is 0.446. The number of halogens is 2. The van der Waals surface area contributed by atoms with E-state index < -0.39 is 17.7 Å². The van der Waals surface area contributed by atoms with Gasteiger partial charge in [0.25, 0.3) is 0 Å². The maximum absolute atomic E-state index is 13.9. The second-order valence-corrected chi connectivity index (χ2v) is 5.24. The van der Waals surface area contributed by atoms with Gasteiger partial charge in [0.1, 0.15) is 11.6 Å². The molecule has 0 radical (unpaired) electrons. The van der Waals surface area contributed by atoms with Gasteiger partial charge >= 0.3 is 0 Å². The summed E-state index contributed by atoms with van der Waals surface area (Å²) in [6.45, 7) is 0. The fourth-order valence-electron chi connectivity index (χ4n) is 2.98. The number of hydrogen-bond donors (Lipinski definition) is 1. The summed E-state index contributed by atoms with van der Waals surface area (Å²) >= 11 is 0. The minimum absolute atomic E-state index is 0.0140. The molecule has 2 unspecified atom stereocenters. The number of benzene rings is 1. The minimum Gasteiger partial charge on any atom is -0.323 e. The molecule has 3 rings (SSSR count). The van der Waals surface area contributed by atoms with Crippen LogP contribution in [0, 0.1) is 11.6 Å². The van der Waals surface area contributed by atoms with Crippen molar-refractivity contribution in [3.63, 3.8) is 0 Å². The van der Waals surface area contributed by atoms with Gasteiger partial charge in [-0.25, -0.2) is 8.78 Å². The van der Waals surface area contributed by atoms with Gasteiger partial charge < -0.3 is 5.73 Å². The topological polar surface area (TPSA) is 38.9 Å². The van der Waals surface area contributed by atoms with Crippen LogP contribution in [0.1, 0.15) is 41.6 Å². The molecule has 0 spiro atoms. The first-order chi connectivity index (χ1) is 9.66. The summed E-state index contributed by atoms with van der Waals surface area (Å²) in [6.07, 6.45) is 4.62. The molecule has 1 aliphatic rings. The van der Waals surface area contributed by atoms with Crippen molar-refractivity contribution in [3.8, 4) is 0 Å². The van der Waals surface area contributed by atoms with Crippen molar-refractivity contribution in [3.05, 3.63) is 65.0 Å². The van der Waals surface area contributed by atoms with Crippen LogP contribution < -0.4 is 5.73 Å². The zero-order valence-electron chi connectivity index (χ0n) is 11.0. The van der Waals surface area contributed by atoms with Crippen molar-refractivity contribution in [1.29, 1.82) is 0 Å². The van der Waals surface area contributed by atoms with Crippen LogP contribution in [0.2, 0.25) is 0 Å². The summed E-state index contributed by atoms with van der Waals surface area (Å²) in [4.78, 5) is 4.42. The van der Waals surface area contributed by atoms with Gasteiger partial charge in [0.2, 0.25) is 0 Å². The first kappa shape index (κ1) is 13.2. The van der Waals surface area contributed by atoms with Gasteiger partial charge in [0.15, 0.2) is 0 Å². The quantitative estimate of drug-likeness (QED) is 0.910. The van der Waals surface area contributed by atoms with Crippen LogP contribution in [-0.4, -0.2) is 4.98 Å². The summed E-state index contributed by atoms with van der Waals surface area (Å²) in [7, 11) is 0. The average Bonchev–Trinajstić information content (AvgIpc) is 2.46. The lowest BCUT2D eigenvalue weighted by Gasteiger charge is -2.29. The predicted octanol–water partition coefficient (Wildman–Crippen LogP) is 3.48. The standard InChI is InChI=1S/C16H16F2N2/c17-11-6-7-12(14(18)9-11)15(19)13-5-1-3-10-4-2-8-20-16(10)13/h2,4,6-9,13,15H,1,3,5,19H2. The van der Waals surface area contributed by atoms with Gasteiger partial charge in [-0.1, -0.05) is 12.1 Å². The van der Waals surface area contributed by atoms with E-state index in [1.54, 1.807) is 6.20 Å². The first-order valence-corrected chi connectivity index (χ1v) is 6.81. The van der Waals surface area contributed by atoms with Gasteiger partial charge in [-0.05, 0) is 37.0 Å². The number of hydrogen-bond acceptors (Lipinski definition) is 2. The molecular formula is C16H16F2N2. The highest BCUT2D eigenvalue weighted by Crippen LogP contribution is 2.38. The van der Waals surface area contributed by atoms with Crippen molar-refractivity contribution in [2.24, 2.45) is 5.73 Å². The lowest BCUT2D eigenvalue weighted by atomic mass is 9.80. The largest absolute Gasteiger partial charge is 0.323 e. The van der Waals surface area contributed by atoms with Gasteiger partial charge in [0, 0.05) is 35.5 Å². The van der Waals surface area contributed by atoms with E-state index >= 15 is 0 Å². The molecule has 0 amide bonds. The summed E-state index contributed by atoms with van der Waals surface area (Å²) in [5.41, 5.74) is 8.73.